The van der Waals surface area contributed by atoms with Crippen LogP contribution in [0.5, 0.6) is 0 Å². The number of aryl methyl sites for hydroxylation is 1. The summed E-state index contributed by atoms with van der Waals surface area (Å²) >= 11 is 0. The summed E-state index contributed by atoms with van der Waals surface area (Å²) in [6.07, 6.45) is 5.75. The van der Waals surface area contributed by atoms with E-state index < -0.39 is 0 Å². The Kier molecular flexibility index (Phi) is 4.91. The highest BCUT2D eigenvalue weighted by atomic mass is 15.5. The Morgan fingerprint density at radius 2 is 2.05 bits per heavy atom. The first-order chi connectivity index (χ1) is 9.11. The van der Waals surface area contributed by atoms with Crippen LogP contribution in [0.15, 0.2) is 18.3 Å². The fourth-order valence-electron chi connectivity index (χ4n) is 2.80. The maximum absolute atomic E-state index is 5.93. The Labute approximate surface area is 116 Å². The Hall–Kier alpha value is -0.970. The lowest BCUT2D eigenvalue weighted by atomic mass is 9.99. The average molecular weight is 262 g/mol. The molecule has 4 heteroatoms. The second kappa shape index (κ2) is 6.46. The van der Waals surface area contributed by atoms with Gasteiger partial charge in [-0.15, -0.1) is 0 Å². The second-order valence-electron chi connectivity index (χ2n) is 5.69. The number of rotatable bonds is 4. The molecule has 0 radical (unpaired) electrons. The summed E-state index contributed by atoms with van der Waals surface area (Å²) in [5.41, 5.74) is 11.7. The molecule has 0 aromatic carbocycles. The van der Waals surface area contributed by atoms with Crippen molar-refractivity contribution in [2.45, 2.75) is 58.2 Å². The number of hydrogen-bond donors (Lipinski definition) is 2. The molecule has 0 spiro atoms. The van der Waals surface area contributed by atoms with E-state index in [1.54, 1.807) is 0 Å². The van der Waals surface area contributed by atoms with Crippen LogP contribution in [0.3, 0.4) is 0 Å². The van der Waals surface area contributed by atoms with Gasteiger partial charge in [-0.25, -0.2) is 10.4 Å². The van der Waals surface area contributed by atoms with Gasteiger partial charge in [-0.05, 0) is 45.2 Å². The fourth-order valence-corrected chi connectivity index (χ4v) is 2.80. The summed E-state index contributed by atoms with van der Waals surface area (Å²) in [7, 11) is 0. The fraction of sp³-hybridized carbons (Fsp3) is 0.667. The van der Waals surface area contributed by atoms with Crippen molar-refractivity contribution in [3.63, 3.8) is 0 Å². The third kappa shape index (κ3) is 3.53. The number of nitrogens with zero attached hydrogens (tertiary/aromatic N) is 2. The number of aromatic nitrogens is 1. The van der Waals surface area contributed by atoms with Crippen LogP contribution >= 0.6 is 0 Å². The van der Waals surface area contributed by atoms with E-state index in [0.29, 0.717) is 18.6 Å². The molecule has 2 rings (SSSR count). The van der Waals surface area contributed by atoms with Crippen LogP contribution in [-0.2, 0) is 0 Å². The first-order valence-electron chi connectivity index (χ1n) is 7.29. The van der Waals surface area contributed by atoms with E-state index in [9.17, 15) is 0 Å². The average Bonchev–Trinajstić information content (AvgIpc) is 2.40. The van der Waals surface area contributed by atoms with Gasteiger partial charge in [0.1, 0.15) is 0 Å². The maximum atomic E-state index is 5.93. The van der Waals surface area contributed by atoms with Gasteiger partial charge in [0, 0.05) is 30.5 Å². The van der Waals surface area contributed by atoms with Gasteiger partial charge in [0.05, 0.1) is 6.04 Å². The van der Waals surface area contributed by atoms with Gasteiger partial charge in [0.15, 0.2) is 0 Å². The lowest BCUT2D eigenvalue weighted by molar-refractivity contribution is 0.0304. The van der Waals surface area contributed by atoms with Crippen molar-refractivity contribution in [2.24, 2.45) is 5.73 Å². The van der Waals surface area contributed by atoms with Crippen molar-refractivity contribution in [3.05, 3.63) is 29.6 Å². The maximum Gasteiger partial charge on any atom is 0.0602 e. The normalized spacial score (nSPS) is 26.3. The lowest BCUT2D eigenvalue weighted by Gasteiger charge is -2.41. The summed E-state index contributed by atoms with van der Waals surface area (Å²) in [6.45, 7) is 7.15. The molecule has 2 heterocycles. The molecule has 3 N–H and O–H groups in total. The molecule has 3 unspecified atom stereocenters. The van der Waals surface area contributed by atoms with Crippen molar-refractivity contribution in [3.8, 4) is 0 Å². The number of piperidine rings is 1. The molecule has 1 fully saturated rings. The molecular formula is C15H26N4. The lowest BCUT2D eigenvalue weighted by Crippen LogP contribution is -2.54. The van der Waals surface area contributed by atoms with E-state index in [0.717, 1.165) is 11.3 Å². The van der Waals surface area contributed by atoms with Gasteiger partial charge in [-0.3, -0.25) is 4.98 Å². The zero-order valence-corrected chi connectivity index (χ0v) is 12.3. The van der Waals surface area contributed by atoms with E-state index in [4.69, 9.17) is 5.73 Å². The molecule has 1 saturated heterocycles. The first kappa shape index (κ1) is 14.4. The van der Waals surface area contributed by atoms with Crippen LogP contribution in [0.1, 0.15) is 50.4 Å². The van der Waals surface area contributed by atoms with Crippen LogP contribution in [0.25, 0.3) is 0 Å². The van der Waals surface area contributed by atoms with E-state index in [-0.39, 0.29) is 6.04 Å². The summed E-state index contributed by atoms with van der Waals surface area (Å²) in [4.78, 5) is 4.37. The number of nitrogens with one attached hydrogen (secondary N) is 1. The van der Waals surface area contributed by atoms with Crippen LogP contribution < -0.4 is 11.2 Å². The zero-order chi connectivity index (χ0) is 13.8. The van der Waals surface area contributed by atoms with E-state index in [2.05, 4.69) is 35.3 Å². The molecule has 1 aliphatic heterocycles. The highest BCUT2D eigenvalue weighted by Crippen LogP contribution is 2.22. The molecule has 3 atom stereocenters. The third-order valence-corrected chi connectivity index (χ3v) is 4.07. The topological polar surface area (TPSA) is 54.2 Å². The summed E-state index contributed by atoms with van der Waals surface area (Å²) in [6, 6.07) is 5.44. The van der Waals surface area contributed by atoms with Crippen LogP contribution in [-0.4, -0.2) is 28.6 Å². The minimum atomic E-state index is 0.149. The molecule has 1 aromatic heterocycles. The third-order valence-electron chi connectivity index (χ3n) is 4.07. The summed E-state index contributed by atoms with van der Waals surface area (Å²) in [5.74, 6) is 0. The number of nitrogens with two attached hydrogens (primary N) is 1. The number of hydrazine groups is 1. The summed E-state index contributed by atoms with van der Waals surface area (Å²) in [5, 5.41) is 2.38. The standard InChI is InChI=1S/C15H26N4/c1-11-7-8-14(10-17-11)15(9-16)18-19-12(2)5-4-6-13(19)3/h7-8,10,12-13,15,18H,4-6,9,16H2,1-3H3. The van der Waals surface area contributed by atoms with Gasteiger partial charge >= 0.3 is 0 Å². The molecule has 19 heavy (non-hydrogen) atoms. The van der Waals surface area contributed by atoms with Crippen molar-refractivity contribution in [2.75, 3.05) is 6.54 Å². The van der Waals surface area contributed by atoms with Crippen LogP contribution in [0.4, 0.5) is 0 Å². The quantitative estimate of drug-likeness (QED) is 0.873. The molecule has 4 nitrogen and oxygen atoms in total. The highest BCUT2D eigenvalue weighted by molar-refractivity contribution is 5.17. The molecule has 0 bridgehead atoms. The minimum Gasteiger partial charge on any atom is -0.329 e. The molecule has 106 valence electrons. The van der Waals surface area contributed by atoms with Gasteiger partial charge in [0.25, 0.3) is 0 Å². The monoisotopic (exact) mass is 262 g/mol. The van der Waals surface area contributed by atoms with E-state index >= 15 is 0 Å². The largest absolute Gasteiger partial charge is 0.329 e. The molecule has 0 aliphatic carbocycles. The Morgan fingerprint density at radius 3 is 2.58 bits per heavy atom. The number of pyridine rings is 1. The molecule has 1 aromatic rings. The van der Waals surface area contributed by atoms with E-state index in [1.807, 2.05) is 19.2 Å². The smallest absolute Gasteiger partial charge is 0.0602 e. The van der Waals surface area contributed by atoms with Crippen molar-refractivity contribution in [1.82, 2.24) is 15.4 Å². The van der Waals surface area contributed by atoms with Crippen LogP contribution in [0.2, 0.25) is 0 Å². The van der Waals surface area contributed by atoms with Crippen molar-refractivity contribution in [1.29, 1.82) is 0 Å². The predicted molar refractivity (Wildman–Crippen MR) is 78.5 cm³/mol. The van der Waals surface area contributed by atoms with Crippen LogP contribution in [0, 0.1) is 6.92 Å². The predicted octanol–water partition coefficient (Wildman–Crippen LogP) is 2.16. The molecular weight excluding hydrogens is 236 g/mol. The molecule has 0 amide bonds. The summed E-state index contributed by atoms with van der Waals surface area (Å²) < 4.78 is 0. The van der Waals surface area contributed by atoms with Gasteiger partial charge in [0.2, 0.25) is 0 Å². The number of hydrogen-bond acceptors (Lipinski definition) is 4. The Bertz CT molecular complexity index is 380. The Balaban J connectivity index is 2.07. The second-order valence-corrected chi connectivity index (χ2v) is 5.69. The highest BCUT2D eigenvalue weighted by Gasteiger charge is 2.26. The zero-order valence-electron chi connectivity index (χ0n) is 12.3. The molecule has 1 aliphatic rings. The Morgan fingerprint density at radius 1 is 1.37 bits per heavy atom. The molecule has 0 saturated carbocycles. The SMILES string of the molecule is Cc1ccc(C(CN)NN2C(C)CCCC2C)cn1. The van der Waals surface area contributed by atoms with E-state index in [1.165, 1.54) is 19.3 Å². The minimum absolute atomic E-state index is 0.149. The van der Waals surface area contributed by atoms with Crippen molar-refractivity contribution < 1.29 is 0 Å². The van der Waals surface area contributed by atoms with Gasteiger partial charge in [-0.1, -0.05) is 12.5 Å². The van der Waals surface area contributed by atoms with Gasteiger partial charge < -0.3 is 5.73 Å². The van der Waals surface area contributed by atoms with Gasteiger partial charge in [-0.2, -0.15) is 0 Å². The van der Waals surface area contributed by atoms with Crippen molar-refractivity contribution >= 4 is 0 Å². The first-order valence-corrected chi connectivity index (χ1v) is 7.29.